The minimum atomic E-state index is -0.374. The van der Waals surface area contributed by atoms with E-state index >= 15 is 0 Å². The molecule has 0 bridgehead atoms. The van der Waals surface area contributed by atoms with Crippen molar-refractivity contribution >= 4 is 6.08 Å². The molecule has 2 aromatic rings. The lowest BCUT2D eigenvalue weighted by atomic mass is 9.55. The number of rotatable bonds is 2. The number of ether oxygens (including phenoxy) is 3. The molecule has 2 aromatic carbocycles. The molecule has 1 N–H and O–H groups in total. The number of aliphatic hydroxyl groups excluding tert-OH is 1. The van der Waals surface area contributed by atoms with Gasteiger partial charge in [0.1, 0.15) is 5.75 Å². The summed E-state index contributed by atoms with van der Waals surface area (Å²) in [4.78, 5) is 0. The van der Waals surface area contributed by atoms with E-state index in [1.807, 2.05) is 12.1 Å². The van der Waals surface area contributed by atoms with Gasteiger partial charge in [-0.15, -0.1) is 0 Å². The number of benzene rings is 2. The largest absolute Gasteiger partial charge is 0.497 e. The lowest BCUT2D eigenvalue weighted by Crippen LogP contribution is -2.44. The number of aryl methyl sites for hydroxylation is 1. The van der Waals surface area contributed by atoms with E-state index in [-0.39, 0.29) is 18.3 Å². The Morgan fingerprint density at radius 3 is 2.84 bits per heavy atom. The first-order valence-corrected chi connectivity index (χ1v) is 11.5. The molecule has 3 aliphatic carbocycles. The van der Waals surface area contributed by atoms with Crippen molar-refractivity contribution < 1.29 is 19.3 Å². The highest BCUT2D eigenvalue weighted by molar-refractivity contribution is 5.60. The van der Waals surface area contributed by atoms with Crippen LogP contribution >= 0.6 is 0 Å². The number of fused-ring (bicyclic) bond motifs is 6. The summed E-state index contributed by atoms with van der Waals surface area (Å²) < 4.78 is 16.4. The topological polar surface area (TPSA) is 47.9 Å². The maximum absolute atomic E-state index is 11.4. The molecule has 0 saturated heterocycles. The Balaban J connectivity index is 1.31. The maximum atomic E-state index is 11.4. The van der Waals surface area contributed by atoms with Gasteiger partial charge in [0.15, 0.2) is 11.5 Å². The Bertz CT molecular complexity index is 1060. The van der Waals surface area contributed by atoms with E-state index in [2.05, 4.69) is 37.3 Å². The first-order valence-electron chi connectivity index (χ1n) is 11.5. The number of aliphatic hydroxyl groups is 1. The van der Waals surface area contributed by atoms with Crippen LogP contribution in [0.2, 0.25) is 0 Å². The number of methoxy groups -OCH3 is 1. The highest BCUT2D eigenvalue weighted by atomic mass is 16.7. The van der Waals surface area contributed by atoms with Gasteiger partial charge in [0.25, 0.3) is 0 Å². The Morgan fingerprint density at radius 2 is 1.97 bits per heavy atom. The van der Waals surface area contributed by atoms with Gasteiger partial charge in [-0.1, -0.05) is 25.1 Å². The minimum absolute atomic E-state index is 0.0344. The predicted octanol–water partition coefficient (Wildman–Crippen LogP) is 5.33. The predicted molar refractivity (Wildman–Crippen MR) is 120 cm³/mol. The highest BCUT2D eigenvalue weighted by Crippen LogP contribution is 2.62. The molecule has 0 radical (unpaired) electrons. The van der Waals surface area contributed by atoms with Gasteiger partial charge in [0.05, 0.1) is 13.2 Å². The molecule has 4 nitrogen and oxygen atoms in total. The van der Waals surface area contributed by atoms with Crippen LogP contribution in [0.4, 0.5) is 0 Å². The van der Waals surface area contributed by atoms with Gasteiger partial charge in [-0.3, -0.25) is 0 Å². The van der Waals surface area contributed by atoms with Crippen molar-refractivity contribution in [2.75, 3.05) is 13.9 Å². The maximum Gasteiger partial charge on any atom is 0.231 e. The molecule has 0 unspecified atom stereocenters. The van der Waals surface area contributed by atoms with Crippen molar-refractivity contribution in [3.63, 3.8) is 0 Å². The van der Waals surface area contributed by atoms with Gasteiger partial charge in [-0.2, -0.15) is 0 Å². The summed E-state index contributed by atoms with van der Waals surface area (Å²) in [6, 6.07) is 12.7. The molecule has 2 saturated carbocycles. The van der Waals surface area contributed by atoms with Crippen molar-refractivity contribution in [2.45, 2.75) is 51.0 Å². The Kier molecular flexibility index (Phi) is 4.36. The second-order valence-corrected chi connectivity index (χ2v) is 9.96. The third kappa shape index (κ3) is 2.91. The summed E-state index contributed by atoms with van der Waals surface area (Å²) in [5, 5.41) is 11.4. The minimum Gasteiger partial charge on any atom is -0.497 e. The fraction of sp³-hybridized carbons (Fsp3) is 0.481. The average molecular weight is 419 g/mol. The zero-order valence-electron chi connectivity index (χ0n) is 18.3. The smallest absolute Gasteiger partial charge is 0.231 e. The van der Waals surface area contributed by atoms with Crippen molar-refractivity contribution in [3.05, 3.63) is 58.7 Å². The van der Waals surface area contributed by atoms with E-state index in [9.17, 15) is 5.11 Å². The Morgan fingerprint density at radius 1 is 1.10 bits per heavy atom. The van der Waals surface area contributed by atoms with Gasteiger partial charge in [-0.05, 0) is 96.4 Å². The summed E-state index contributed by atoms with van der Waals surface area (Å²) in [6.45, 7) is 2.61. The summed E-state index contributed by atoms with van der Waals surface area (Å²) >= 11 is 0. The van der Waals surface area contributed by atoms with Gasteiger partial charge < -0.3 is 19.3 Å². The van der Waals surface area contributed by atoms with Gasteiger partial charge in [-0.25, -0.2) is 0 Å². The summed E-state index contributed by atoms with van der Waals surface area (Å²) in [7, 11) is 1.74. The van der Waals surface area contributed by atoms with Gasteiger partial charge >= 0.3 is 0 Å². The molecule has 0 spiro atoms. The van der Waals surface area contributed by atoms with Crippen LogP contribution < -0.4 is 14.2 Å². The Hall–Kier alpha value is -2.46. The standard InChI is InChI=1S/C27H30O4/c1-27-10-9-21-20-7-5-19(29-2)13-17(20)4-6-22(21)23(27)14-18(26(27)28)11-16-3-8-24-25(12-16)31-15-30-24/h3,5,7-8,11-13,21-23,26,28H,4,6,9-10,14-15H2,1-2H3/b18-11+/t21-,22-,23+,26-,27+/m1/s1. The van der Waals surface area contributed by atoms with Crippen LogP contribution in [-0.2, 0) is 6.42 Å². The molecular formula is C27H30O4. The Labute approximate surface area is 183 Å². The summed E-state index contributed by atoms with van der Waals surface area (Å²) in [6.07, 6.45) is 7.34. The van der Waals surface area contributed by atoms with E-state index in [4.69, 9.17) is 14.2 Å². The molecule has 4 heteroatoms. The van der Waals surface area contributed by atoms with Crippen LogP contribution in [-0.4, -0.2) is 25.1 Å². The molecule has 2 fully saturated rings. The summed E-state index contributed by atoms with van der Waals surface area (Å²) in [5.74, 6) is 4.32. The second-order valence-electron chi connectivity index (χ2n) is 9.96. The van der Waals surface area contributed by atoms with Gasteiger partial charge in [0, 0.05) is 5.41 Å². The van der Waals surface area contributed by atoms with E-state index in [1.165, 1.54) is 23.1 Å². The van der Waals surface area contributed by atoms with E-state index in [0.717, 1.165) is 48.5 Å². The average Bonchev–Trinajstić information content (AvgIpc) is 3.36. The lowest BCUT2D eigenvalue weighted by Gasteiger charge is -2.49. The zero-order valence-corrected chi connectivity index (χ0v) is 18.3. The van der Waals surface area contributed by atoms with Crippen molar-refractivity contribution in [1.82, 2.24) is 0 Å². The van der Waals surface area contributed by atoms with E-state index in [0.29, 0.717) is 17.8 Å². The van der Waals surface area contributed by atoms with Crippen LogP contribution in [0.25, 0.3) is 6.08 Å². The monoisotopic (exact) mass is 418 g/mol. The zero-order chi connectivity index (χ0) is 21.2. The fourth-order valence-electron chi connectivity index (χ4n) is 6.90. The fourth-order valence-corrected chi connectivity index (χ4v) is 6.90. The molecule has 5 atom stereocenters. The van der Waals surface area contributed by atoms with E-state index < -0.39 is 0 Å². The third-order valence-electron chi connectivity index (χ3n) is 8.55. The molecule has 0 aromatic heterocycles. The molecule has 0 amide bonds. The quantitative estimate of drug-likeness (QED) is 0.716. The van der Waals surface area contributed by atoms with Crippen molar-refractivity contribution in [3.8, 4) is 17.2 Å². The molecule has 6 rings (SSSR count). The SMILES string of the molecule is COc1ccc2c(c1)CC[C@@H]1[C@@H]2CC[C@]2(C)[C@H](O)/C(=C/c3ccc4c(c3)OCO4)C[C@@H]12. The van der Waals surface area contributed by atoms with Crippen LogP contribution in [0.5, 0.6) is 17.2 Å². The molecule has 31 heavy (non-hydrogen) atoms. The third-order valence-corrected chi connectivity index (χ3v) is 8.55. The first-order chi connectivity index (χ1) is 15.1. The number of hydrogen-bond donors (Lipinski definition) is 1. The van der Waals surface area contributed by atoms with Crippen molar-refractivity contribution in [2.24, 2.45) is 17.3 Å². The number of hydrogen-bond acceptors (Lipinski definition) is 4. The molecule has 1 heterocycles. The van der Waals surface area contributed by atoms with Crippen molar-refractivity contribution in [1.29, 1.82) is 0 Å². The first kappa shape index (κ1) is 19.2. The van der Waals surface area contributed by atoms with Crippen LogP contribution in [0.15, 0.2) is 42.0 Å². The van der Waals surface area contributed by atoms with Crippen LogP contribution in [0.3, 0.4) is 0 Å². The molecule has 1 aliphatic heterocycles. The highest BCUT2D eigenvalue weighted by Gasteiger charge is 2.56. The second kappa shape index (κ2) is 7.03. The van der Waals surface area contributed by atoms with Crippen LogP contribution in [0.1, 0.15) is 55.2 Å². The lowest BCUT2D eigenvalue weighted by molar-refractivity contribution is -0.0158. The van der Waals surface area contributed by atoms with Crippen LogP contribution in [0, 0.1) is 17.3 Å². The normalized spacial score (nSPS) is 34.2. The van der Waals surface area contributed by atoms with Gasteiger partial charge in [0.2, 0.25) is 6.79 Å². The molecule has 162 valence electrons. The van der Waals surface area contributed by atoms with E-state index in [1.54, 1.807) is 7.11 Å². The molecule has 4 aliphatic rings. The summed E-state index contributed by atoms with van der Waals surface area (Å²) in [5.41, 5.74) is 5.19. The molecular weight excluding hydrogens is 388 g/mol.